The van der Waals surface area contributed by atoms with Crippen LogP contribution in [0.5, 0.6) is 5.75 Å². The van der Waals surface area contributed by atoms with Crippen molar-refractivity contribution in [1.29, 1.82) is 0 Å². The molecule has 4 saturated carbocycles. The molecule has 0 spiro atoms. The highest BCUT2D eigenvalue weighted by Gasteiger charge is 2.72. The Morgan fingerprint density at radius 1 is 1.17 bits per heavy atom. The Kier molecular flexibility index (Phi) is 3.78. The minimum Gasteiger partial charge on any atom is -0.426 e. The molecule has 1 aromatic rings. The second-order valence-electron chi connectivity index (χ2n) is 9.10. The highest BCUT2D eigenvalue weighted by molar-refractivity contribution is 5.82. The molecule has 0 amide bonds. The number of esters is 1. The normalized spacial score (nSPS) is 33.4. The smallest absolute Gasteiger partial charge is 0.318 e. The summed E-state index contributed by atoms with van der Waals surface area (Å²) >= 11 is 0. The SMILES string of the molecule is CC(C)C(c1cccc(OC(=O)C23CC4CC2CCC43)c1)C(C)C. The van der Waals surface area contributed by atoms with Crippen molar-refractivity contribution in [2.45, 2.75) is 59.3 Å². The molecule has 4 atom stereocenters. The summed E-state index contributed by atoms with van der Waals surface area (Å²) in [6.07, 6.45) is 4.83. The summed E-state index contributed by atoms with van der Waals surface area (Å²) in [6, 6.07) is 8.27. The highest BCUT2D eigenvalue weighted by Crippen LogP contribution is 2.73. The van der Waals surface area contributed by atoms with Gasteiger partial charge in [0, 0.05) is 0 Å². The van der Waals surface area contributed by atoms with Gasteiger partial charge in [0.05, 0.1) is 5.41 Å². The van der Waals surface area contributed by atoms with Crippen molar-refractivity contribution in [3.8, 4) is 5.75 Å². The third kappa shape index (κ3) is 2.18. The van der Waals surface area contributed by atoms with E-state index in [0.717, 1.165) is 18.1 Å². The minimum atomic E-state index is -0.115. The molecular weight excluding hydrogens is 296 g/mol. The molecule has 0 N–H and O–H groups in total. The van der Waals surface area contributed by atoms with Crippen LogP contribution in [0.4, 0.5) is 0 Å². The number of ether oxygens (including phenoxy) is 1. The molecule has 0 heterocycles. The highest BCUT2D eigenvalue weighted by atomic mass is 16.5. The van der Waals surface area contributed by atoms with E-state index in [1.165, 1.54) is 24.8 Å². The van der Waals surface area contributed by atoms with Crippen LogP contribution in [0.3, 0.4) is 0 Å². The average molecular weight is 326 g/mol. The van der Waals surface area contributed by atoms with Crippen molar-refractivity contribution in [2.24, 2.45) is 35.0 Å². The molecule has 0 radical (unpaired) electrons. The second kappa shape index (κ2) is 5.61. The molecule has 2 heteroatoms. The summed E-state index contributed by atoms with van der Waals surface area (Å²) in [6.45, 7) is 9.08. The summed E-state index contributed by atoms with van der Waals surface area (Å²) in [4.78, 5) is 13.0. The molecule has 4 aliphatic rings. The molecule has 0 aromatic heterocycles. The molecule has 2 nitrogen and oxygen atoms in total. The number of hydrogen-bond donors (Lipinski definition) is 0. The number of hydrogen-bond acceptors (Lipinski definition) is 2. The van der Waals surface area contributed by atoms with Gasteiger partial charge in [-0.05, 0) is 78.9 Å². The predicted octanol–water partition coefficient (Wildman–Crippen LogP) is 5.42. The lowest BCUT2D eigenvalue weighted by atomic mass is 9.61. The third-order valence-electron chi connectivity index (χ3n) is 7.24. The van der Waals surface area contributed by atoms with Crippen LogP contribution in [-0.4, -0.2) is 5.97 Å². The number of rotatable bonds is 5. The Morgan fingerprint density at radius 2 is 1.92 bits per heavy atom. The van der Waals surface area contributed by atoms with Crippen molar-refractivity contribution < 1.29 is 9.53 Å². The first-order chi connectivity index (χ1) is 11.4. The van der Waals surface area contributed by atoms with E-state index in [1.54, 1.807) is 0 Å². The van der Waals surface area contributed by atoms with Crippen LogP contribution in [0.15, 0.2) is 24.3 Å². The Hall–Kier alpha value is -1.31. The fraction of sp³-hybridized carbons (Fsp3) is 0.682. The Labute approximate surface area is 146 Å². The lowest BCUT2D eigenvalue weighted by Crippen LogP contribution is -2.47. The lowest BCUT2D eigenvalue weighted by molar-refractivity contribution is -0.156. The molecule has 4 bridgehead atoms. The zero-order valence-electron chi connectivity index (χ0n) is 15.4. The van der Waals surface area contributed by atoms with E-state index < -0.39 is 0 Å². The molecule has 5 rings (SSSR count). The van der Waals surface area contributed by atoms with Crippen LogP contribution < -0.4 is 4.74 Å². The number of carbonyl (C=O) groups is 1. The van der Waals surface area contributed by atoms with Gasteiger partial charge in [0.15, 0.2) is 0 Å². The van der Waals surface area contributed by atoms with E-state index in [4.69, 9.17) is 4.74 Å². The second-order valence-corrected chi connectivity index (χ2v) is 9.10. The van der Waals surface area contributed by atoms with Gasteiger partial charge < -0.3 is 4.74 Å². The summed E-state index contributed by atoms with van der Waals surface area (Å²) < 4.78 is 5.93. The van der Waals surface area contributed by atoms with Gasteiger partial charge in [-0.2, -0.15) is 0 Å². The standard InChI is InChI=1S/C22H30O2/c1-13(2)20(14(3)4)15-6-5-7-18(11-15)24-21(23)22-12-16-10-17(22)8-9-19(16)22/h5-7,11,13-14,16-17,19-20H,8-10,12H2,1-4H3. The van der Waals surface area contributed by atoms with Gasteiger partial charge in [0.2, 0.25) is 0 Å². The maximum Gasteiger partial charge on any atom is 0.318 e. The molecule has 24 heavy (non-hydrogen) atoms. The van der Waals surface area contributed by atoms with Crippen molar-refractivity contribution >= 4 is 5.97 Å². The quantitative estimate of drug-likeness (QED) is 0.533. The Balaban J connectivity index is 1.54. The fourth-order valence-electron chi connectivity index (χ4n) is 6.46. The van der Waals surface area contributed by atoms with Crippen molar-refractivity contribution in [1.82, 2.24) is 0 Å². The van der Waals surface area contributed by atoms with E-state index in [9.17, 15) is 4.79 Å². The number of benzene rings is 1. The van der Waals surface area contributed by atoms with E-state index in [1.807, 2.05) is 12.1 Å². The molecule has 4 aliphatic carbocycles. The van der Waals surface area contributed by atoms with Crippen molar-refractivity contribution in [2.75, 3.05) is 0 Å². The van der Waals surface area contributed by atoms with Gasteiger partial charge in [0.25, 0.3) is 0 Å². The van der Waals surface area contributed by atoms with Crippen LogP contribution in [0, 0.1) is 35.0 Å². The lowest BCUT2D eigenvalue weighted by Gasteiger charge is -2.42. The largest absolute Gasteiger partial charge is 0.426 e. The molecule has 130 valence electrons. The van der Waals surface area contributed by atoms with Crippen LogP contribution >= 0.6 is 0 Å². The summed E-state index contributed by atoms with van der Waals surface area (Å²) in [5, 5.41) is 0. The van der Waals surface area contributed by atoms with Gasteiger partial charge in [0.1, 0.15) is 5.75 Å². The zero-order chi connectivity index (χ0) is 17.1. The van der Waals surface area contributed by atoms with Crippen LogP contribution in [0.25, 0.3) is 0 Å². The third-order valence-corrected chi connectivity index (χ3v) is 7.24. The first-order valence-corrected chi connectivity index (χ1v) is 9.75. The predicted molar refractivity (Wildman–Crippen MR) is 95.9 cm³/mol. The molecule has 0 saturated heterocycles. The van der Waals surface area contributed by atoms with Gasteiger partial charge in [-0.15, -0.1) is 0 Å². The first-order valence-electron chi connectivity index (χ1n) is 9.75. The van der Waals surface area contributed by atoms with Gasteiger partial charge in [-0.1, -0.05) is 39.8 Å². The van der Waals surface area contributed by atoms with Crippen LogP contribution in [-0.2, 0) is 4.79 Å². The van der Waals surface area contributed by atoms with Crippen LogP contribution in [0.1, 0.15) is 64.9 Å². The zero-order valence-corrected chi connectivity index (χ0v) is 15.4. The molecule has 4 unspecified atom stereocenters. The Morgan fingerprint density at radius 3 is 2.50 bits per heavy atom. The maximum atomic E-state index is 13.0. The average Bonchev–Trinajstić information content (AvgIpc) is 3.09. The summed E-state index contributed by atoms with van der Waals surface area (Å²) in [5.41, 5.74) is 1.18. The molecule has 1 aromatic carbocycles. The van der Waals surface area contributed by atoms with E-state index >= 15 is 0 Å². The van der Waals surface area contributed by atoms with Gasteiger partial charge in [-0.25, -0.2) is 0 Å². The summed E-state index contributed by atoms with van der Waals surface area (Å²) in [5.74, 6) is 4.49. The molecule has 0 aliphatic heterocycles. The van der Waals surface area contributed by atoms with E-state index in [2.05, 4.69) is 39.8 Å². The minimum absolute atomic E-state index is 0.0616. The summed E-state index contributed by atoms with van der Waals surface area (Å²) in [7, 11) is 0. The molecular formula is C22H30O2. The van der Waals surface area contributed by atoms with Crippen molar-refractivity contribution in [3.05, 3.63) is 29.8 Å². The van der Waals surface area contributed by atoms with Gasteiger partial charge in [-0.3, -0.25) is 4.79 Å². The van der Waals surface area contributed by atoms with E-state index in [0.29, 0.717) is 29.6 Å². The number of carbonyl (C=O) groups excluding carboxylic acids is 1. The van der Waals surface area contributed by atoms with Gasteiger partial charge >= 0.3 is 5.97 Å². The van der Waals surface area contributed by atoms with Crippen molar-refractivity contribution in [3.63, 3.8) is 0 Å². The monoisotopic (exact) mass is 326 g/mol. The maximum absolute atomic E-state index is 13.0. The topological polar surface area (TPSA) is 26.3 Å². The Bertz CT molecular complexity index is 631. The van der Waals surface area contributed by atoms with Crippen LogP contribution in [0.2, 0.25) is 0 Å². The molecule has 4 fully saturated rings. The van der Waals surface area contributed by atoms with E-state index in [-0.39, 0.29) is 11.4 Å². The first kappa shape index (κ1) is 16.2. The fourth-order valence-corrected chi connectivity index (χ4v) is 6.46.